The van der Waals surface area contributed by atoms with Gasteiger partial charge in [-0.3, -0.25) is 4.79 Å². The molecule has 1 aliphatic carbocycles. The number of benzene rings is 1. The SMILES string of the molecule is Cn1nc(OC(F)(F)C(F)Br)c(C(F)(F)F)c1-n1cc(-c2ccc(Cl)c(C(=O)NC3CC3)c2)cn1. The van der Waals surface area contributed by atoms with E-state index in [1.807, 2.05) is 15.9 Å². The smallest absolute Gasteiger partial charge is 0.409 e. The van der Waals surface area contributed by atoms with E-state index in [1.165, 1.54) is 30.6 Å². The van der Waals surface area contributed by atoms with E-state index in [2.05, 4.69) is 20.3 Å². The molecule has 15 heteroatoms. The summed E-state index contributed by atoms with van der Waals surface area (Å²) in [4.78, 5) is 12.4. The normalized spacial score (nSPS) is 15.2. The number of aryl methyl sites for hydroxylation is 1. The molecule has 2 heterocycles. The second kappa shape index (κ2) is 9.04. The third kappa shape index (κ3) is 5.27. The third-order valence-corrected chi connectivity index (χ3v) is 5.87. The van der Waals surface area contributed by atoms with Gasteiger partial charge in [0.1, 0.15) is 0 Å². The summed E-state index contributed by atoms with van der Waals surface area (Å²) in [6.07, 6.45) is -5.70. The Hall–Kier alpha value is -2.74. The molecule has 0 radical (unpaired) electrons. The standard InChI is InChI=1S/C20H15BrClF6N5O2/c1-32-17(14(19(24,25)26)16(31-32)35-20(27,28)18(21)23)33-8-10(7-29-33)9-2-5-13(22)12(6-9)15(34)30-11-3-4-11/h2,5-8,11,18H,3-4H2,1H3,(H,30,34). The number of amides is 1. The maximum Gasteiger partial charge on any atom is 0.441 e. The Bertz CT molecular complexity index is 1270. The Balaban J connectivity index is 1.73. The summed E-state index contributed by atoms with van der Waals surface area (Å²) in [5.41, 5.74) is -0.787. The number of carbonyl (C=O) groups is 1. The minimum absolute atomic E-state index is 0.0802. The first-order chi connectivity index (χ1) is 16.3. The average molecular weight is 587 g/mol. The van der Waals surface area contributed by atoms with Gasteiger partial charge < -0.3 is 10.1 Å². The van der Waals surface area contributed by atoms with Gasteiger partial charge >= 0.3 is 12.3 Å². The summed E-state index contributed by atoms with van der Waals surface area (Å²) >= 11 is 8.08. The molecule has 0 spiro atoms. The summed E-state index contributed by atoms with van der Waals surface area (Å²) in [7, 11) is 1.06. The first kappa shape index (κ1) is 25.4. The lowest BCUT2D eigenvalue weighted by Crippen LogP contribution is -2.33. The molecule has 35 heavy (non-hydrogen) atoms. The van der Waals surface area contributed by atoms with Gasteiger partial charge in [0.25, 0.3) is 16.9 Å². The van der Waals surface area contributed by atoms with Crippen molar-refractivity contribution in [2.24, 2.45) is 7.05 Å². The van der Waals surface area contributed by atoms with Crippen LogP contribution in [-0.2, 0) is 13.2 Å². The maximum atomic E-state index is 13.8. The Morgan fingerprint density at radius 2 is 1.94 bits per heavy atom. The lowest BCUT2D eigenvalue weighted by Gasteiger charge is -2.17. The van der Waals surface area contributed by atoms with Crippen molar-refractivity contribution in [1.29, 1.82) is 0 Å². The summed E-state index contributed by atoms with van der Waals surface area (Å²) < 4.78 is 87.2. The fourth-order valence-electron chi connectivity index (χ4n) is 3.20. The van der Waals surface area contributed by atoms with Crippen molar-refractivity contribution < 1.29 is 35.9 Å². The van der Waals surface area contributed by atoms with Gasteiger partial charge in [-0.05, 0) is 46.5 Å². The predicted octanol–water partition coefficient (Wildman–Crippen LogP) is 5.50. The zero-order chi connectivity index (χ0) is 25.7. The van der Waals surface area contributed by atoms with Crippen LogP contribution in [0.5, 0.6) is 5.88 Å². The predicted molar refractivity (Wildman–Crippen MR) is 116 cm³/mol. The molecular weight excluding hydrogens is 572 g/mol. The van der Waals surface area contributed by atoms with Crippen LogP contribution < -0.4 is 10.1 Å². The lowest BCUT2D eigenvalue weighted by molar-refractivity contribution is -0.201. The van der Waals surface area contributed by atoms with Crippen LogP contribution in [0.1, 0.15) is 28.8 Å². The number of alkyl halides is 7. The molecule has 3 aromatic rings. The zero-order valence-electron chi connectivity index (χ0n) is 17.6. The number of aromatic nitrogens is 4. The van der Waals surface area contributed by atoms with Gasteiger partial charge in [-0.2, -0.15) is 27.1 Å². The van der Waals surface area contributed by atoms with Gasteiger partial charge in [-0.1, -0.05) is 17.7 Å². The van der Waals surface area contributed by atoms with Crippen molar-refractivity contribution in [1.82, 2.24) is 24.9 Å². The Labute approximate surface area is 207 Å². The van der Waals surface area contributed by atoms with Gasteiger partial charge in [0.2, 0.25) is 0 Å². The van der Waals surface area contributed by atoms with Crippen LogP contribution in [0.15, 0.2) is 30.6 Å². The van der Waals surface area contributed by atoms with Gasteiger partial charge in [-0.25, -0.2) is 13.8 Å². The number of rotatable bonds is 7. The minimum Gasteiger partial charge on any atom is -0.409 e. The van der Waals surface area contributed by atoms with E-state index < -0.39 is 40.5 Å². The second-order valence-corrected chi connectivity index (χ2v) is 8.92. The molecule has 188 valence electrons. The van der Waals surface area contributed by atoms with Crippen molar-refractivity contribution in [3.63, 3.8) is 0 Å². The van der Waals surface area contributed by atoms with Gasteiger partial charge in [0.15, 0.2) is 11.4 Å². The van der Waals surface area contributed by atoms with E-state index in [-0.39, 0.29) is 16.6 Å². The second-order valence-electron chi connectivity index (χ2n) is 7.71. The molecule has 1 aliphatic rings. The number of hydrogen-bond donors (Lipinski definition) is 1. The monoisotopic (exact) mass is 585 g/mol. The van der Waals surface area contributed by atoms with Crippen LogP contribution >= 0.6 is 27.5 Å². The minimum atomic E-state index is -5.20. The fraction of sp³-hybridized carbons (Fsp3) is 0.350. The van der Waals surface area contributed by atoms with E-state index in [9.17, 15) is 31.1 Å². The van der Waals surface area contributed by atoms with E-state index in [4.69, 9.17) is 11.6 Å². The van der Waals surface area contributed by atoms with Crippen molar-refractivity contribution in [2.75, 3.05) is 0 Å². The molecule has 0 bridgehead atoms. The van der Waals surface area contributed by atoms with Crippen LogP contribution in [0.4, 0.5) is 26.3 Å². The van der Waals surface area contributed by atoms with Crippen molar-refractivity contribution in [3.8, 4) is 22.8 Å². The molecule has 0 saturated heterocycles. The van der Waals surface area contributed by atoms with Crippen molar-refractivity contribution in [3.05, 3.63) is 46.7 Å². The van der Waals surface area contributed by atoms with Crippen LogP contribution in [0, 0.1) is 0 Å². The number of nitrogens with zero attached hydrogens (tertiary/aromatic N) is 4. The third-order valence-electron chi connectivity index (χ3n) is 5.01. The van der Waals surface area contributed by atoms with Crippen molar-refractivity contribution >= 4 is 33.4 Å². The van der Waals surface area contributed by atoms with Crippen LogP contribution in [-0.4, -0.2) is 42.7 Å². The molecule has 1 fully saturated rings. The highest BCUT2D eigenvalue weighted by Gasteiger charge is 2.48. The first-order valence-electron chi connectivity index (χ1n) is 9.93. The van der Waals surface area contributed by atoms with Crippen LogP contribution in [0.25, 0.3) is 16.9 Å². The summed E-state index contributed by atoms with van der Waals surface area (Å²) in [6, 6.07) is 4.54. The summed E-state index contributed by atoms with van der Waals surface area (Å²) in [6.45, 7) is 0. The summed E-state index contributed by atoms with van der Waals surface area (Å²) in [5.74, 6) is -2.66. The highest BCUT2D eigenvalue weighted by molar-refractivity contribution is 9.09. The number of hydrogen-bond acceptors (Lipinski definition) is 4. The highest BCUT2D eigenvalue weighted by atomic mass is 79.9. The van der Waals surface area contributed by atoms with Gasteiger partial charge in [-0.15, -0.1) is 5.10 Å². The van der Waals surface area contributed by atoms with Crippen LogP contribution in [0.3, 0.4) is 0 Å². The van der Waals surface area contributed by atoms with E-state index in [0.717, 1.165) is 24.6 Å². The van der Waals surface area contributed by atoms with E-state index in [0.29, 0.717) is 15.8 Å². The first-order valence-corrected chi connectivity index (χ1v) is 11.2. The highest BCUT2D eigenvalue weighted by Crippen LogP contribution is 2.42. The summed E-state index contributed by atoms with van der Waals surface area (Å²) in [5, 5.41) is 7.16. The average Bonchev–Trinajstić information content (AvgIpc) is 3.31. The molecule has 1 unspecified atom stereocenters. The van der Waals surface area contributed by atoms with Crippen LogP contribution in [0.2, 0.25) is 5.02 Å². The number of halogens is 8. The Kier molecular flexibility index (Phi) is 6.55. The van der Waals surface area contributed by atoms with E-state index in [1.54, 1.807) is 0 Å². The maximum absolute atomic E-state index is 13.8. The van der Waals surface area contributed by atoms with E-state index >= 15 is 0 Å². The molecular formula is C20H15BrClF6N5O2. The molecule has 1 N–H and O–H groups in total. The van der Waals surface area contributed by atoms with Gasteiger partial charge in [0.05, 0.1) is 16.8 Å². The number of carbonyl (C=O) groups excluding carboxylic acids is 1. The lowest BCUT2D eigenvalue weighted by atomic mass is 10.1. The quantitative estimate of drug-likeness (QED) is 0.293. The Morgan fingerprint density at radius 1 is 1.26 bits per heavy atom. The zero-order valence-corrected chi connectivity index (χ0v) is 19.9. The molecule has 1 amide bonds. The van der Waals surface area contributed by atoms with Crippen molar-refractivity contribution in [2.45, 2.75) is 36.2 Å². The Morgan fingerprint density at radius 3 is 2.54 bits per heavy atom. The molecule has 1 saturated carbocycles. The molecule has 2 aromatic heterocycles. The number of ether oxygens (including phenoxy) is 1. The molecule has 4 rings (SSSR count). The fourth-order valence-corrected chi connectivity index (χ4v) is 3.50. The molecule has 0 aliphatic heterocycles. The largest absolute Gasteiger partial charge is 0.441 e. The molecule has 1 atom stereocenters. The molecule has 7 nitrogen and oxygen atoms in total. The van der Waals surface area contributed by atoms with Gasteiger partial charge in [0, 0.05) is 24.8 Å². The number of nitrogens with one attached hydrogen (secondary N) is 1. The molecule has 1 aromatic carbocycles. The topological polar surface area (TPSA) is 74.0 Å².